The summed E-state index contributed by atoms with van der Waals surface area (Å²) in [6, 6.07) is 14.7. The van der Waals surface area contributed by atoms with Gasteiger partial charge in [-0.3, -0.25) is 9.59 Å². The topological polar surface area (TPSA) is 67.4 Å². The van der Waals surface area contributed by atoms with E-state index in [-0.39, 0.29) is 23.8 Å². The van der Waals surface area contributed by atoms with E-state index in [1.807, 2.05) is 39.0 Å². The van der Waals surface area contributed by atoms with Crippen molar-refractivity contribution in [2.75, 3.05) is 6.61 Å². The molecule has 154 valence electrons. The number of rotatable bonds is 7. The molecule has 1 aliphatic carbocycles. The second kappa shape index (κ2) is 9.59. The Balaban J connectivity index is 1.74. The molecule has 29 heavy (non-hydrogen) atoms. The van der Waals surface area contributed by atoms with Crippen molar-refractivity contribution in [3.63, 3.8) is 0 Å². The summed E-state index contributed by atoms with van der Waals surface area (Å²) in [5.41, 5.74) is 2.92. The highest BCUT2D eigenvalue weighted by Crippen LogP contribution is 2.29. The van der Waals surface area contributed by atoms with Gasteiger partial charge in [0.15, 0.2) is 0 Å². The van der Waals surface area contributed by atoms with Crippen LogP contribution in [-0.4, -0.2) is 24.5 Å². The van der Waals surface area contributed by atoms with Crippen LogP contribution in [0.2, 0.25) is 0 Å². The fraction of sp³-hybridized carbons (Fsp3) is 0.417. The molecular weight excluding hydrogens is 364 g/mol. The molecule has 0 bridgehead atoms. The Hall–Kier alpha value is -2.82. The molecule has 5 heteroatoms. The summed E-state index contributed by atoms with van der Waals surface area (Å²) in [5, 5.41) is 6.08. The molecule has 0 saturated heterocycles. The van der Waals surface area contributed by atoms with Crippen LogP contribution in [0.3, 0.4) is 0 Å². The smallest absolute Gasteiger partial charge is 0.255 e. The van der Waals surface area contributed by atoms with Crippen molar-refractivity contribution in [1.82, 2.24) is 10.6 Å². The van der Waals surface area contributed by atoms with Crippen LogP contribution in [0.15, 0.2) is 48.5 Å². The number of amides is 2. The zero-order chi connectivity index (χ0) is 20.8. The second-order valence-corrected chi connectivity index (χ2v) is 7.78. The molecule has 0 saturated carbocycles. The van der Waals surface area contributed by atoms with Gasteiger partial charge in [0.1, 0.15) is 11.8 Å². The summed E-state index contributed by atoms with van der Waals surface area (Å²) < 4.78 is 5.56. The fourth-order valence-corrected chi connectivity index (χ4v) is 3.85. The zero-order valence-corrected chi connectivity index (χ0v) is 17.4. The molecule has 5 nitrogen and oxygen atoms in total. The van der Waals surface area contributed by atoms with Gasteiger partial charge in [0.25, 0.3) is 5.91 Å². The van der Waals surface area contributed by atoms with Crippen LogP contribution in [0.5, 0.6) is 5.75 Å². The van der Waals surface area contributed by atoms with E-state index in [4.69, 9.17) is 4.74 Å². The van der Waals surface area contributed by atoms with Crippen molar-refractivity contribution in [3.05, 3.63) is 65.2 Å². The first-order chi connectivity index (χ1) is 14.0. The average molecular weight is 395 g/mol. The highest BCUT2D eigenvalue weighted by atomic mass is 16.5. The summed E-state index contributed by atoms with van der Waals surface area (Å²) in [5.74, 6) is 0.0320. The Morgan fingerprint density at radius 1 is 1.10 bits per heavy atom. The Labute approximate surface area is 172 Å². The molecule has 2 amide bonds. The molecule has 0 aliphatic heterocycles. The number of hydrogen-bond donors (Lipinski definition) is 2. The van der Waals surface area contributed by atoms with Crippen LogP contribution in [0.1, 0.15) is 61.1 Å². The number of hydrogen-bond acceptors (Lipinski definition) is 3. The monoisotopic (exact) mass is 394 g/mol. The van der Waals surface area contributed by atoms with Gasteiger partial charge in [-0.15, -0.1) is 0 Å². The van der Waals surface area contributed by atoms with Crippen molar-refractivity contribution < 1.29 is 14.3 Å². The molecule has 2 atom stereocenters. The van der Waals surface area contributed by atoms with Gasteiger partial charge in [-0.1, -0.05) is 50.2 Å². The molecule has 0 heterocycles. The summed E-state index contributed by atoms with van der Waals surface area (Å²) >= 11 is 0. The van der Waals surface area contributed by atoms with Gasteiger partial charge in [-0.05, 0) is 55.4 Å². The summed E-state index contributed by atoms with van der Waals surface area (Å²) in [7, 11) is 0. The van der Waals surface area contributed by atoms with E-state index < -0.39 is 6.04 Å². The van der Waals surface area contributed by atoms with E-state index in [2.05, 4.69) is 22.8 Å². The number of ether oxygens (including phenoxy) is 1. The lowest BCUT2D eigenvalue weighted by Crippen LogP contribution is -2.50. The first-order valence-corrected chi connectivity index (χ1v) is 10.4. The van der Waals surface area contributed by atoms with Gasteiger partial charge in [0.2, 0.25) is 5.91 Å². The molecular formula is C24H30N2O3. The van der Waals surface area contributed by atoms with Crippen LogP contribution in [0, 0.1) is 5.92 Å². The number of para-hydroxylation sites is 1. The molecule has 2 N–H and O–H groups in total. The Morgan fingerprint density at radius 2 is 1.83 bits per heavy atom. The molecule has 0 fully saturated rings. The number of fused-ring (bicyclic) bond motifs is 1. The van der Waals surface area contributed by atoms with Gasteiger partial charge >= 0.3 is 0 Å². The van der Waals surface area contributed by atoms with E-state index in [0.717, 1.165) is 19.3 Å². The highest BCUT2D eigenvalue weighted by molar-refractivity contribution is 5.99. The van der Waals surface area contributed by atoms with Gasteiger partial charge in [-0.2, -0.15) is 0 Å². The number of carbonyl (C=O) groups is 2. The first-order valence-electron chi connectivity index (χ1n) is 10.4. The predicted octanol–water partition coefficient (Wildman–Crippen LogP) is 4.03. The third-order valence-electron chi connectivity index (χ3n) is 5.35. The third kappa shape index (κ3) is 4.97. The minimum Gasteiger partial charge on any atom is -0.493 e. The van der Waals surface area contributed by atoms with Crippen molar-refractivity contribution in [2.45, 2.75) is 52.1 Å². The lowest BCUT2D eigenvalue weighted by molar-refractivity contribution is -0.124. The summed E-state index contributed by atoms with van der Waals surface area (Å²) in [4.78, 5) is 26.0. The van der Waals surface area contributed by atoms with E-state index in [0.29, 0.717) is 17.9 Å². The quantitative estimate of drug-likeness (QED) is 0.745. The number of aryl methyl sites for hydroxylation is 1. The summed E-state index contributed by atoms with van der Waals surface area (Å²) in [6.07, 6.45) is 3.00. The fourth-order valence-electron chi connectivity index (χ4n) is 3.85. The van der Waals surface area contributed by atoms with Crippen LogP contribution >= 0.6 is 0 Å². The minimum atomic E-state index is -0.619. The maximum Gasteiger partial charge on any atom is 0.255 e. The first kappa shape index (κ1) is 20.9. The summed E-state index contributed by atoms with van der Waals surface area (Å²) in [6.45, 7) is 6.22. The van der Waals surface area contributed by atoms with Crippen molar-refractivity contribution in [2.24, 2.45) is 5.92 Å². The van der Waals surface area contributed by atoms with Gasteiger partial charge < -0.3 is 15.4 Å². The van der Waals surface area contributed by atoms with Crippen molar-refractivity contribution in [3.8, 4) is 5.75 Å². The van der Waals surface area contributed by atoms with Crippen LogP contribution in [-0.2, 0) is 11.2 Å². The highest BCUT2D eigenvalue weighted by Gasteiger charge is 2.29. The van der Waals surface area contributed by atoms with E-state index in [1.165, 1.54) is 11.1 Å². The number of benzene rings is 2. The molecule has 2 aromatic rings. The van der Waals surface area contributed by atoms with Gasteiger partial charge in [0, 0.05) is 0 Å². The second-order valence-electron chi connectivity index (χ2n) is 7.78. The van der Waals surface area contributed by atoms with Crippen LogP contribution in [0.4, 0.5) is 0 Å². The Morgan fingerprint density at radius 3 is 2.59 bits per heavy atom. The normalized spacial score (nSPS) is 16.6. The largest absolute Gasteiger partial charge is 0.493 e. The van der Waals surface area contributed by atoms with Crippen LogP contribution in [0.25, 0.3) is 0 Å². The molecule has 1 aliphatic rings. The third-order valence-corrected chi connectivity index (χ3v) is 5.35. The standard InChI is InChI=1S/C24H30N2O3/c1-4-29-21-15-8-7-13-19(21)23(27)26-22(16(2)3)24(28)25-20-14-9-11-17-10-5-6-12-18(17)20/h5-8,10,12-13,15-16,20,22H,4,9,11,14H2,1-3H3,(H,25,28)(H,26,27)/t20-,22-/m1/s1. The van der Waals surface area contributed by atoms with Crippen molar-refractivity contribution >= 4 is 11.8 Å². The molecule has 3 rings (SSSR count). The van der Waals surface area contributed by atoms with E-state index in [9.17, 15) is 9.59 Å². The minimum absolute atomic E-state index is 0.0127. The van der Waals surface area contributed by atoms with Gasteiger partial charge in [-0.25, -0.2) is 0 Å². The molecule has 2 aromatic carbocycles. The SMILES string of the molecule is CCOc1ccccc1C(=O)N[C@@H](C(=O)N[C@@H]1CCCc2ccccc21)C(C)C. The van der Waals surface area contributed by atoms with Crippen molar-refractivity contribution in [1.29, 1.82) is 0 Å². The van der Waals surface area contributed by atoms with Crippen LogP contribution < -0.4 is 15.4 Å². The van der Waals surface area contributed by atoms with Gasteiger partial charge in [0.05, 0.1) is 18.2 Å². The molecule has 0 radical (unpaired) electrons. The number of nitrogens with one attached hydrogen (secondary N) is 2. The maximum atomic E-state index is 13.1. The lowest BCUT2D eigenvalue weighted by Gasteiger charge is -2.29. The maximum absolute atomic E-state index is 13.1. The Bertz CT molecular complexity index is 863. The zero-order valence-electron chi connectivity index (χ0n) is 17.4. The van der Waals surface area contributed by atoms with E-state index >= 15 is 0 Å². The average Bonchev–Trinajstić information content (AvgIpc) is 2.72. The Kier molecular flexibility index (Phi) is 6.91. The number of carbonyl (C=O) groups excluding carboxylic acids is 2. The molecule has 0 spiro atoms. The molecule has 0 unspecified atom stereocenters. The predicted molar refractivity (Wildman–Crippen MR) is 114 cm³/mol. The van der Waals surface area contributed by atoms with E-state index in [1.54, 1.807) is 18.2 Å². The molecule has 0 aromatic heterocycles. The lowest BCUT2D eigenvalue weighted by atomic mass is 9.87.